The third kappa shape index (κ3) is 4.34. The van der Waals surface area contributed by atoms with Crippen LogP contribution < -0.4 is 4.74 Å². The highest BCUT2D eigenvalue weighted by atomic mass is 32.2. The van der Waals surface area contributed by atoms with Crippen LogP contribution in [0.4, 0.5) is 4.39 Å². The van der Waals surface area contributed by atoms with E-state index in [1.807, 2.05) is 6.07 Å². The first-order valence-electron chi connectivity index (χ1n) is 5.38. The molecule has 0 aliphatic carbocycles. The Morgan fingerprint density at radius 2 is 2.17 bits per heavy atom. The molecule has 0 N–H and O–H groups in total. The van der Waals surface area contributed by atoms with Gasteiger partial charge in [-0.1, -0.05) is 0 Å². The van der Waals surface area contributed by atoms with Crippen LogP contribution in [0, 0.1) is 17.1 Å². The molecule has 1 aromatic carbocycles. The molecule has 0 unspecified atom stereocenters. The molecule has 98 valence electrons. The maximum atomic E-state index is 13.1. The lowest BCUT2D eigenvalue weighted by atomic mass is 10.2. The van der Waals surface area contributed by atoms with Gasteiger partial charge in [-0.15, -0.1) is 0 Å². The summed E-state index contributed by atoms with van der Waals surface area (Å²) >= 11 is 0. The van der Waals surface area contributed by atoms with E-state index in [9.17, 15) is 12.8 Å². The Kier molecular flexibility index (Phi) is 5.10. The molecule has 0 radical (unpaired) electrons. The van der Waals surface area contributed by atoms with Crippen molar-refractivity contribution in [2.45, 2.75) is 18.6 Å². The molecule has 0 fully saturated rings. The molecule has 0 spiro atoms. The van der Waals surface area contributed by atoms with Gasteiger partial charge in [0, 0.05) is 12.0 Å². The van der Waals surface area contributed by atoms with Crippen LogP contribution in [0.3, 0.4) is 0 Å². The van der Waals surface area contributed by atoms with Gasteiger partial charge in [0.15, 0.2) is 9.84 Å². The average molecular weight is 271 g/mol. The van der Waals surface area contributed by atoms with Gasteiger partial charge in [0.2, 0.25) is 0 Å². The van der Waals surface area contributed by atoms with E-state index in [4.69, 9.17) is 10.00 Å². The van der Waals surface area contributed by atoms with E-state index in [2.05, 4.69) is 0 Å². The number of rotatable bonds is 6. The fourth-order valence-corrected chi connectivity index (χ4v) is 2.97. The summed E-state index contributed by atoms with van der Waals surface area (Å²) in [5, 5.41) is 8.36. The summed E-state index contributed by atoms with van der Waals surface area (Å²) in [7, 11) is -1.95. The fourth-order valence-electron chi connectivity index (χ4n) is 1.54. The Labute approximate surface area is 106 Å². The lowest BCUT2D eigenvalue weighted by molar-refractivity contribution is 0.409. The number of sulfone groups is 1. The summed E-state index contributed by atoms with van der Waals surface area (Å²) in [4.78, 5) is 0. The molecule has 1 aromatic rings. The topological polar surface area (TPSA) is 67.2 Å². The SMILES string of the molecule is COc1ccc(F)cc1CS(=O)(=O)CCCC#N. The molecule has 4 nitrogen and oxygen atoms in total. The monoisotopic (exact) mass is 271 g/mol. The lowest BCUT2D eigenvalue weighted by Crippen LogP contribution is -2.10. The Bertz CT molecular complexity index is 549. The normalized spacial score (nSPS) is 10.9. The van der Waals surface area contributed by atoms with E-state index >= 15 is 0 Å². The van der Waals surface area contributed by atoms with Crippen molar-refractivity contribution in [1.82, 2.24) is 0 Å². The lowest BCUT2D eigenvalue weighted by Gasteiger charge is -2.09. The van der Waals surface area contributed by atoms with Crippen molar-refractivity contribution >= 4 is 9.84 Å². The second-order valence-electron chi connectivity index (χ2n) is 3.81. The molecular weight excluding hydrogens is 257 g/mol. The number of hydrogen-bond donors (Lipinski definition) is 0. The highest BCUT2D eigenvalue weighted by molar-refractivity contribution is 7.90. The largest absolute Gasteiger partial charge is 0.496 e. The van der Waals surface area contributed by atoms with E-state index < -0.39 is 15.7 Å². The van der Waals surface area contributed by atoms with Crippen molar-refractivity contribution in [3.63, 3.8) is 0 Å². The van der Waals surface area contributed by atoms with Gasteiger partial charge in [0.25, 0.3) is 0 Å². The first kappa shape index (κ1) is 14.5. The zero-order valence-electron chi connectivity index (χ0n) is 10.0. The van der Waals surface area contributed by atoms with Gasteiger partial charge in [0.1, 0.15) is 11.6 Å². The number of benzene rings is 1. The summed E-state index contributed by atoms with van der Waals surface area (Å²) in [6.07, 6.45) is 0.482. The quantitative estimate of drug-likeness (QED) is 0.743. The van der Waals surface area contributed by atoms with Gasteiger partial charge in [-0.25, -0.2) is 12.8 Å². The number of nitrogens with zero attached hydrogens (tertiary/aromatic N) is 1. The Morgan fingerprint density at radius 3 is 2.78 bits per heavy atom. The number of unbranched alkanes of at least 4 members (excludes halogenated alkanes) is 1. The molecule has 0 saturated carbocycles. The number of halogens is 1. The van der Waals surface area contributed by atoms with Gasteiger partial charge in [-0.3, -0.25) is 0 Å². The maximum Gasteiger partial charge on any atom is 0.154 e. The maximum absolute atomic E-state index is 13.1. The Hall–Kier alpha value is -1.61. The second kappa shape index (κ2) is 6.36. The molecule has 0 amide bonds. The molecule has 0 aromatic heterocycles. The summed E-state index contributed by atoms with van der Waals surface area (Å²) < 4.78 is 41.6. The summed E-state index contributed by atoms with van der Waals surface area (Å²) in [6, 6.07) is 5.65. The molecule has 1 rings (SSSR count). The van der Waals surface area contributed by atoms with Crippen LogP contribution in [0.1, 0.15) is 18.4 Å². The zero-order valence-corrected chi connectivity index (χ0v) is 10.8. The van der Waals surface area contributed by atoms with Crippen LogP contribution in [0.2, 0.25) is 0 Å². The molecular formula is C12H14FNO3S. The number of ether oxygens (including phenoxy) is 1. The minimum absolute atomic E-state index is 0.0831. The highest BCUT2D eigenvalue weighted by Gasteiger charge is 2.15. The van der Waals surface area contributed by atoms with E-state index in [1.165, 1.54) is 19.2 Å². The van der Waals surface area contributed by atoms with Crippen molar-refractivity contribution in [2.24, 2.45) is 0 Å². The predicted molar refractivity (Wildman–Crippen MR) is 65.3 cm³/mol. The average Bonchev–Trinajstić information content (AvgIpc) is 2.29. The van der Waals surface area contributed by atoms with E-state index in [0.717, 1.165) is 6.07 Å². The summed E-state index contributed by atoms with van der Waals surface area (Å²) in [5.41, 5.74) is 0.300. The second-order valence-corrected chi connectivity index (χ2v) is 5.99. The molecule has 0 heterocycles. The molecule has 6 heteroatoms. The van der Waals surface area contributed by atoms with E-state index in [1.54, 1.807) is 0 Å². The van der Waals surface area contributed by atoms with Crippen molar-refractivity contribution in [1.29, 1.82) is 5.26 Å². The number of methoxy groups -OCH3 is 1. The third-order valence-corrected chi connectivity index (χ3v) is 4.02. The first-order chi connectivity index (χ1) is 8.48. The molecule has 18 heavy (non-hydrogen) atoms. The van der Waals surface area contributed by atoms with Gasteiger partial charge < -0.3 is 4.74 Å². The van der Waals surface area contributed by atoms with Crippen molar-refractivity contribution in [2.75, 3.05) is 12.9 Å². The van der Waals surface area contributed by atoms with Gasteiger partial charge in [0.05, 0.1) is 24.7 Å². The first-order valence-corrected chi connectivity index (χ1v) is 7.20. The van der Waals surface area contributed by atoms with Gasteiger partial charge in [-0.2, -0.15) is 5.26 Å². The van der Waals surface area contributed by atoms with Crippen LogP contribution in [0.25, 0.3) is 0 Å². The van der Waals surface area contributed by atoms with Crippen LogP contribution >= 0.6 is 0 Å². The minimum Gasteiger partial charge on any atom is -0.496 e. The summed E-state index contributed by atoms with van der Waals surface area (Å²) in [6.45, 7) is 0. The predicted octanol–water partition coefficient (Wildman–Crippen LogP) is 2.05. The van der Waals surface area contributed by atoms with Gasteiger partial charge in [-0.05, 0) is 24.6 Å². The fraction of sp³-hybridized carbons (Fsp3) is 0.417. The zero-order chi connectivity index (χ0) is 13.6. The smallest absolute Gasteiger partial charge is 0.154 e. The van der Waals surface area contributed by atoms with Crippen molar-refractivity contribution in [3.8, 4) is 11.8 Å². The molecule has 0 aliphatic heterocycles. The van der Waals surface area contributed by atoms with Crippen LogP contribution in [0.5, 0.6) is 5.75 Å². The molecule has 0 bridgehead atoms. The Balaban J connectivity index is 2.83. The Morgan fingerprint density at radius 1 is 1.44 bits per heavy atom. The summed E-state index contributed by atoms with van der Waals surface area (Å²) in [5.74, 6) is -0.516. The van der Waals surface area contributed by atoms with Gasteiger partial charge >= 0.3 is 0 Å². The van der Waals surface area contributed by atoms with Crippen LogP contribution in [-0.2, 0) is 15.6 Å². The van der Waals surface area contributed by atoms with Crippen LogP contribution in [-0.4, -0.2) is 21.3 Å². The number of hydrogen-bond acceptors (Lipinski definition) is 4. The molecule has 0 saturated heterocycles. The van der Waals surface area contributed by atoms with Crippen molar-refractivity contribution < 1.29 is 17.5 Å². The standard InChI is InChI=1S/C12H14FNO3S/c1-17-12-5-4-11(13)8-10(12)9-18(15,16)7-3-2-6-14/h4-5,8H,2-3,7,9H2,1H3. The number of nitriles is 1. The highest BCUT2D eigenvalue weighted by Crippen LogP contribution is 2.22. The van der Waals surface area contributed by atoms with E-state index in [0.29, 0.717) is 11.3 Å². The third-order valence-electron chi connectivity index (χ3n) is 2.36. The molecule has 0 aliphatic rings. The van der Waals surface area contributed by atoms with E-state index in [-0.39, 0.29) is 24.3 Å². The van der Waals surface area contributed by atoms with Crippen molar-refractivity contribution in [3.05, 3.63) is 29.6 Å². The molecule has 0 atom stereocenters. The minimum atomic E-state index is -3.35. The van der Waals surface area contributed by atoms with Crippen LogP contribution in [0.15, 0.2) is 18.2 Å².